The van der Waals surface area contributed by atoms with Crippen LogP contribution >= 0.6 is 0 Å². The number of sulfonamides is 1. The Kier molecular flexibility index (Phi) is 6.46. The molecular weight excluding hydrogens is 360 g/mol. The van der Waals surface area contributed by atoms with Crippen LogP contribution in [0.4, 0.5) is 0 Å². The molecule has 0 bridgehead atoms. The molecular formula is C17H20N2O4S2. The lowest BCUT2D eigenvalue weighted by Crippen LogP contribution is -2.27. The van der Waals surface area contributed by atoms with Gasteiger partial charge in [0.25, 0.3) is 5.91 Å². The molecule has 0 aromatic heterocycles. The van der Waals surface area contributed by atoms with Crippen molar-refractivity contribution in [3.63, 3.8) is 0 Å². The number of amides is 1. The topological polar surface area (TPSA) is 106 Å². The SMILES string of the molecule is CC[S@](=O)c1ccccc1C(=O)NCCc1ccc(S(N)(=O)=O)cc1. The third-order valence-electron chi connectivity index (χ3n) is 3.59. The molecule has 8 heteroatoms. The number of carbonyl (C=O) groups excluding carboxylic acids is 1. The fraction of sp³-hybridized carbons (Fsp3) is 0.235. The van der Waals surface area contributed by atoms with E-state index in [-0.39, 0.29) is 10.8 Å². The first-order valence-electron chi connectivity index (χ1n) is 7.70. The predicted molar refractivity (Wildman–Crippen MR) is 97.2 cm³/mol. The average Bonchev–Trinajstić information content (AvgIpc) is 2.60. The van der Waals surface area contributed by atoms with Gasteiger partial charge in [0.05, 0.1) is 26.2 Å². The monoisotopic (exact) mass is 380 g/mol. The summed E-state index contributed by atoms with van der Waals surface area (Å²) < 4.78 is 34.4. The summed E-state index contributed by atoms with van der Waals surface area (Å²) in [5.74, 6) is 0.166. The summed E-state index contributed by atoms with van der Waals surface area (Å²) in [5.41, 5.74) is 1.28. The number of benzene rings is 2. The van der Waals surface area contributed by atoms with Crippen LogP contribution in [0.15, 0.2) is 58.3 Å². The largest absolute Gasteiger partial charge is 0.352 e. The standard InChI is InChI=1S/C17H20N2O4S2/c1-2-24(21)16-6-4-3-5-15(16)17(20)19-12-11-13-7-9-14(10-8-13)25(18,22)23/h3-10H,2,11-12H2,1H3,(H,19,20)(H2,18,22,23)/t24-/m0/s1. The minimum atomic E-state index is -3.70. The van der Waals surface area contributed by atoms with Crippen molar-refractivity contribution >= 4 is 26.7 Å². The van der Waals surface area contributed by atoms with Crippen LogP contribution in [0.3, 0.4) is 0 Å². The Labute approximate surface area is 149 Å². The quantitative estimate of drug-likeness (QED) is 0.758. The van der Waals surface area contributed by atoms with Crippen LogP contribution in [-0.4, -0.2) is 30.8 Å². The zero-order valence-corrected chi connectivity index (χ0v) is 15.4. The summed E-state index contributed by atoms with van der Waals surface area (Å²) in [4.78, 5) is 12.9. The normalized spacial score (nSPS) is 12.6. The molecule has 0 spiro atoms. The fourth-order valence-corrected chi connectivity index (χ4v) is 3.73. The van der Waals surface area contributed by atoms with Crippen LogP contribution in [0.2, 0.25) is 0 Å². The van der Waals surface area contributed by atoms with Gasteiger partial charge in [0.1, 0.15) is 0 Å². The van der Waals surface area contributed by atoms with Gasteiger partial charge < -0.3 is 5.32 Å². The van der Waals surface area contributed by atoms with Gasteiger partial charge in [-0.25, -0.2) is 13.6 Å². The van der Waals surface area contributed by atoms with Crippen LogP contribution in [-0.2, 0) is 27.2 Å². The molecule has 0 fully saturated rings. The number of carbonyl (C=O) groups is 1. The molecule has 2 aromatic rings. The first kappa shape index (κ1) is 19.3. The van der Waals surface area contributed by atoms with Gasteiger partial charge in [-0.2, -0.15) is 0 Å². The van der Waals surface area contributed by atoms with Crippen molar-refractivity contribution in [2.24, 2.45) is 5.14 Å². The molecule has 0 unspecified atom stereocenters. The second kappa shape index (κ2) is 8.37. The van der Waals surface area contributed by atoms with Gasteiger partial charge in [0.15, 0.2) is 0 Å². The number of nitrogens with one attached hydrogen (secondary N) is 1. The molecule has 0 aliphatic carbocycles. The minimum absolute atomic E-state index is 0.0521. The van der Waals surface area contributed by atoms with E-state index >= 15 is 0 Å². The summed E-state index contributed by atoms with van der Waals surface area (Å²) in [6.07, 6.45) is 0.537. The molecule has 0 aliphatic rings. The molecule has 0 aliphatic heterocycles. The van der Waals surface area contributed by atoms with Crippen molar-refractivity contribution in [3.05, 3.63) is 59.7 Å². The van der Waals surface area contributed by atoms with Gasteiger partial charge in [-0.1, -0.05) is 31.2 Å². The van der Waals surface area contributed by atoms with Crippen LogP contribution in [0.5, 0.6) is 0 Å². The van der Waals surface area contributed by atoms with Gasteiger partial charge in [0, 0.05) is 12.3 Å². The number of hydrogen-bond acceptors (Lipinski definition) is 4. The molecule has 1 atom stereocenters. The van der Waals surface area contributed by atoms with Gasteiger partial charge in [-0.3, -0.25) is 9.00 Å². The highest BCUT2D eigenvalue weighted by molar-refractivity contribution is 7.89. The molecule has 6 nitrogen and oxygen atoms in total. The third kappa shape index (κ3) is 5.22. The van der Waals surface area contributed by atoms with Crippen LogP contribution in [0.25, 0.3) is 0 Å². The van der Waals surface area contributed by atoms with E-state index in [0.29, 0.717) is 29.2 Å². The van der Waals surface area contributed by atoms with Gasteiger partial charge >= 0.3 is 0 Å². The van der Waals surface area contributed by atoms with Crippen molar-refractivity contribution in [3.8, 4) is 0 Å². The summed E-state index contributed by atoms with van der Waals surface area (Å²) >= 11 is 0. The Morgan fingerprint density at radius 1 is 1.12 bits per heavy atom. The first-order valence-corrected chi connectivity index (χ1v) is 10.6. The number of nitrogens with two attached hydrogens (primary N) is 1. The van der Waals surface area contributed by atoms with Crippen LogP contribution in [0, 0.1) is 0 Å². The molecule has 25 heavy (non-hydrogen) atoms. The van der Waals surface area contributed by atoms with Crippen molar-refractivity contribution in [1.29, 1.82) is 0 Å². The van der Waals surface area contributed by atoms with Crippen molar-refractivity contribution in [2.45, 2.75) is 23.1 Å². The van der Waals surface area contributed by atoms with E-state index in [9.17, 15) is 17.4 Å². The number of rotatable bonds is 7. The zero-order chi connectivity index (χ0) is 18.4. The summed E-state index contributed by atoms with van der Waals surface area (Å²) in [7, 11) is -4.91. The maximum atomic E-state index is 12.3. The van der Waals surface area contributed by atoms with Crippen LogP contribution < -0.4 is 10.5 Å². The maximum Gasteiger partial charge on any atom is 0.252 e. The second-order valence-corrected chi connectivity index (χ2v) is 8.59. The Hall–Kier alpha value is -2.03. The van der Waals surface area contributed by atoms with Crippen LogP contribution in [0.1, 0.15) is 22.8 Å². The molecule has 134 valence electrons. The lowest BCUT2D eigenvalue weighted by Gasteiger charge is -2.09. The Balaban J connectivity index is 1.98. The molecule has 3 N–H and O–H groups in total. The molecule has 1 amide bonds. The van der Waals surface area contributed by atoms with Crippen molar-refractivity contribution < 1.29 is 17.4 Å². The number of hydrogen-bond donors (Lipinski definition) is 2. The molecule has 2 aromatic carbocycles. The zero-order valence-electron chi connectivity index (χ0n) is 13.8. The predicted octanol–water partition coefficient (Wildman–Crippen LogP) is 1.43. The fourth-order valence-electron chi connectivity index (χ4n) is 2.27. The van der Waals surface area contributed by atoms with Gasteiger partial charge in [-0.15, -0.1) is 0 Å². The average molecular weight is 380 g/mol. The molecule has 0 heterocycles. The molecule has 2 rings (SSSR count). The van der Waals surface area contributed by atoms with E-state index < -0.39 is 20.8 Å². The maximum absolute atomic E-state index is 12.3. The highest BCUT2D eigenvalue weighted by atomic mass is 32.2. The third-order valence-corrected chi connectivity index (χ3v) is 5.89. The van der Waals surface area contributed by atoms with Crippen molar-refractivity contribution in [2.75, 3.05) is 12.3 Å². The lowest BCUT2D eigenvalue weighted by molar-refractivity contribution is 0.0951. The van der Waals surface area contributed by atoms with Gasteiger partial charge in [-0.05, 0) is 36.2 Å². The van der Waals surface area contributed by atoms with E-state index in [1.165, 1.54) is 12.1 Å². The molecule has 0 radical (unpaired) electrons. The highest BCUT2D eigenvalue weighted by Gasteiger charge is 2.14. The van der Waals surface area contributed by atoms with E-state index in [2.05, 4.69) is 5.32 Å². The Bertz CT molecular complexity index is 878. The number of primary sulfonamides is 1. The minimum Gasteiger partial charge on any atom is -0.352 e. The van der Waals surface area contributed by atoms with E-state index in [1.807, 2.05) is 0 Å². The van der Waals surface area contributed by atoms with E-state index in [4.69, 9.17) is 5.14 Å². The summed E-state index contributed by atoms with van der Waals surface area (Å²) in [6.45, 7) is 2.18. The Morgan fingerprint density at radius 3 is 2.36 bits per heavy atom. The summed E-state index contributed by atoms with van der Waals surface area (Å²) in [6, 6.07) is 13.0. The van der Waals surface area contributed by atoms with E-state index in [0.717, 1.165) is 5.56 Å². The molecule has 0 saturated heterocycles. The smallest absolute Gasteiger partial charge is 0.252 e. The molecule has 0 saturated carbocycles. The van der Waals surface area contributed by atoms with Crippen molar-refractivity contribution in [1.82, 2.24) is 5.32 Å². The lowest BCUT2D eigenvalue weighted by atomic mass is 10.1. The van der Waals surface area contributed by atoms with Gasteiger partial charge in [0.2, 0.25) is 10.0 Å². The Morgan fingerprint density at radius 2 is 1.76 bits per heavy atom. The highest BCUT2D eigenvalue weighted by Crippen LogP contribution is 2.14. The first-order chi connectivity index (χ1) is 11.8. The van der Waals surface area contributed by atoms with E-state index in [1.54, 1.807) is 43.3 Å². The second-order valence-electron chi connectivity index (χ2n) is 5.33. The summed E-state index contributed by atoms with van der Waals surface area (Å²) in [5, 5.41) is 7.85.